The number of nitrogens with one attached hydrogen (secondary N) is 1. The molecule has 2 aromatic rings. The van der Waals surface area contributed by atoms with E-state index in [1.54, 1.807) is 24.3 Å². The van der Waals surface area contributed by atoms with Crippen LogP contribution in [0, 0.1) is 0 Å². The summed E-state index contributed by atoms with van der Waals surface area (Å²) in [6.07, 6.45) is -2.05. The van der Waals surface area contributed by atoms with Gasteiger partial charge in [-0.15, -0.1) is 0 Å². The van der Waals surface area contributed by atoms with E-state index in [4.69, 9.17) is 17.7 Å². The van der Waals surface area contributed by atoms with Gasteiger partial charge in [0, 0.05) is 11.8 Å². The van der Waals surface area contributed by atoms with Gasteiger partial charge in [0.2, 0.25) is 0 Å². The molecule has 40 heavy (non-hydrogen) atoms. The molecule has 2 fully saturated rings. The molecule has 1 amide bonds. The Bertz CT molecular complexity index is 1220. The van der Waals surface area contributed by atoms with E-state index in [1.165, 1.54) is 16.8 Å². The third kappa shape index (κ3) is 5.63. The molecule has 0 aliphatic carbocycles. The number of hydrogen-bond acceptors (Lipinski definition) is 8. The summed E-state index contributed by atoms with van der Waals surface area (Å²) in [7, 11) is -5.74. The van der Waals surface area contributed by atoms with Crippen molar-refractivity contribution in [1.82, 2.24) is 9.55 Å². The number of carbonyl (C=O) groups is 1. The predicted octanol–water partition coefficient (Wildman–Crippen LogP) is 4.71. The van der Waals surface area contributed by atoms with E-state index in [0.717, 1.165) is 0 Å². The van der Waals surface area contributed by atoms with Crippen molar-refractivity contribution in [2.75, 3.05) is 11.9 Å². The van der Waals surface area contributed by atoms with Crippen LogP contribution >= 0.6 is 0 Å². The molecule has 0 bridgehead atoms. The average molecular weight is 590 g/mol. The number of benzene rings is 1. The van der Waals surface area contributed by atoms with Crippen molar-refractivity contribution < 1.29 is 27.6 Å². The maximum atomic E-state index is 13.1. The topological polar surface area (TPSA) is 121 Å². The lowest BCUT2D eigenvalue weighted by Gasteiger charge is -2.51. The number of aliphatic hydroxyl groups excluding tert-OH is 1. The third-order valence-corrected chi connectivity index (χ3v) is 18.3. The summed E-state index contributed by atoms with van der Waals surface area (Å²) in [4.78, 5) is 29.6. The van der Waals surface area contributed by atoms with Crippen LogP contribution in [0.3, 0.4) is 0 Å². The number of amides is 1. The number of anilines is 1. The van der Waals surface area contributed by atoms with Gasteiger partial charge >= 0.3 is 22.8 Å². The van der Waals surface area contributed by atoms with Gasteiger partial charge in [-0.05, 0) is 40.4 Å². The minimum atomic E-state index is -2.97. The lowest BCUT2D eigenvalue weighted by molar-refractivity contribution is -0.0600. The Morgan fingerprint density at radius 1 is 0.975 bits per heavy atom. The van der Waals surface area contributed by atoms with Crippen molar-refractivity contribution in [2.45, 2.75) is 102 Å². The molecule has 2 N–H and O–H groups in total. The molecular formula is C28H43N3O7Si2. The summed E-state index contributed by atoms with van der Waals surface area (Å²) in [5.74, 6) is -0.268. The molecule has 0 spiro atoms. The number of nitrogens with zero attached hydrogens (tertiary/aromatic N) is 2. The van der Waals surface area contributed by atoms with E-state index in [-0.39, 0.29) is 40.5 Å². The fourth-order valence-corrected chi connectivity index (χ4v) is 17.0. The number of rotatable bonds is 7. The minimum absolute atomic E-state index is 0.0855. The summed E-state index contributed by atoms with van der Waals surface area (Å²) in [6, 6.07) is 10.2. The van der Waals surface area contributed by atoms with Gasteiger partial charge in [-0.1, -0.05) is 73.6 Å². The van der Waals surface area contributed by atoms with Crippen LogP contribution in [-0.2, 0) is 17.7 Å². The zero-order chi connectivity index (χ0) is 29.4. The van der Waals surface area contributed by atoms with Gasteiger partial charge in [0.05, 0.1) is 6.61 Å². The highest BCUT2D eigenvalue weighted by Gasteiger charge is 2.61. The first kappa shape index (κ1) is 30.8. The number of fused-ring (bicyclic) bond motifs is 1. The normalized spacial score (nSPS) is 26.1. The molecule has 2 aliphatic heterocycles. The van der Waals surface area contributed by atoms with Crippen LogP contribution in [-0.4, -0.2) is 62.6 Å². The summed E-state index contributed by atoms with van der Waals surface area (Å²) in [6.45, 7) is 17.2. The van der Waals surface area contributed by atoms with E-state index < -0.39 is 47.4 Å². The standard InChI is InChI=1S/C28H43N3O7Si2/c1-17(2)39(18(3)4)35-16-22-25(37-40(38-39,19(5)6)20(7)8)24(32)27(36-22)31-15-14-23(30-28(31)34)29-26(33)21-12-10-9-11-13-21/h9-15,17-20,22,24-25,27,32H,16H2,1-8H3,(H,29,30,33,34)/t22-,24-,25-,27-/m0/s1. The zero-order valence-corrected chi connectivity index (χ0v) is 26.7. The van der Waals surface area contributed by atoms with Crippen molar-refractivity contribution in [3.8, 4) is 0 Å². The number of aromatic nitrogens is 2. The molecular weight excluding hydrogens is 546 g/mol. The third-order valence-electron chi connectivity index (χ3n) is 8.02. The number of ether oxygens (including phenoxy) is 1. The molecule has 0 saturated carbocycles. The molecule has 2 saturated heterocycles. The van der Waals surface area contributed by atoms with Gasteiger partial charge in [0.1, 0.15) is 24.1 Å². The molecule has 3 heterocycles. The second-order valence-electron chi connectivity index (χ2n) is 11.9. The van der Waals surface area contributed by atoms with E-state index >= 15 is 0 Å². The highest BCUT2D eigenvalue weighted by Crippen LogP contribution is 2.48. The van der Waals surface area contributed by atoms with E-state index in [0.29, 0.717) is 5.56 Å². The first-order valence-electron chi connectivity index (χ1n) is 14.1. The van der Waals surface area contributed by atoms with Crippen LogP contribution < -0.4 is 11.0 Å². The molecule has 1 aromatic heterocycles. The Labute approximate surface area is 238 Å². The Balaban J connectivity index is 1.64. The Kier molecular flexibility index (Phi) is 9.20. The summed E-state index contributed by atoms with van der Waals surface area (Å²) >= 11 is 0. The summed E-state index contributed by atoms with van der Waals surface area (Å²) in [5, 5.41) is 14.1. The van der Waals surface area contributed by atoms with E-state index in [9.17, 15) is 14.7 Å². The Morgan fingerprint density at radius 3 is 2.12 bits per heavy atom. The van der Waals surface area contributed by atoms with Gasteiger partial charge in [-0.25, -0.2) is 4.79 Å². The number of hydrogen-bond donors (Lipinski definition) is 2. The predicted molar refractivity (Wildman–Crippen MR) is 157 cm³/mol. The van der Waals surface area contributed by atoms with Gasteiger partial charge in [0.15, 0.2) is 6.23 Å². The quantitative estimate of drug-likeness (QED) is 0.446. The molecule has 0 radical (unpaired) electrons. The van der Waals surface area contributed by atoms with Gasteiger partial charge < -0.3 is 28.1 Å². The Morgan fingerprint density at radius 2 is 1.57 bits per heavy atom. The van der Waals surface area contributed by atoms with Crippen LogP contribution in [0.4, 0.5) is 5.82 Å². The van der Waals surface area contributed by atoms with Crippen LogP contribution in [0.1, 0.15) is 72.0 Å². The second kappa shape index (κ2) is 12.0. The number of aliphatic hydroxyl groups is 1. The van der Waals surface area contributed by atoms with Crippen LogP contribution in [0.2, 0.25) is 22.2 Å². The SMILES string of the molecule is CC(C)[Si]1(C(C)C)OC[C@@H]2O[C@H](n3ccc(NC(=O)c4ccccc4)nc3=O)[C@@H](O)[C@H]2O[Si](C(C)C)(C(C)C)O1. The molecule has 12 heteroatoms. The van der Waals surface area contributed by atoms with Crippen molar-refractivity contribution in [3.63, 3.8) is 0 Å². The highest BCUT2D eigenvalue weighted by molar-refractivity contribution is 6.84. The smallest absolute Gasteiger partial charge is 0.351 e. The number of carbonyl (C=O) groups excluding carboxylic acids is 1. The molecule has 4 atom stereocenters. The highest BCUT2D eigenvalue weighted by atomic mass is 28.5. The minimum Gasteiger partial charge on any atom is -0.414 e. The average Bonchev–Trinajstić information content (AvgIpc) is 3.18. The van der Waals surface area contributed by atoms with Crippen molar-refractivity contribution in [3.05, 3.63) is 58.6 Å². The summed E-state index contributed by atoms with van der Waals surface area (Å²) in [5.41, 5.74) is 0.300. The van der Waals surface area contributed by atoms with E-state index in [1.807, 2.05) is 6.07 Å². The van der Waals surface area contributed by atoms with Gasteiger partial charge in [-0.2, -0.15) is 4.98 Å². The van der Waals surface area contributed by atoms with E-state index in [2.05, 4.69) is 65.7 Å². The van der Waals surface area contributed by atoms with Crippen molar-refractivity contribution >= 4 is 28.8 Å². The first-order chi connectivity index (χ1) is 18.8. The maximum Gasteiger partial charge on any atom is 0.351 e. The zero-order valence-electron chi connectivity index (χ0n) is 24.7. The molecule has 1 aromatic carbocycles. The first-order valence-corrected chi connectivity index (χ1v) is 18.1. The lowest BCUT2D eigenvalue weighted by Crippen LogP contribution is -2.65. The largest absolute Gasteiger partial charge is 0.414 e. The van der Waals surface area contributed by atoms with Crippen molar-refractivity contribution in [1.29, 1.82) is 0 Å². The molecule has 4 rings (SSSR count). The molecule has 2 aliphatic rings. The second-order valence-corrected chi connectivity index (χ2v) is 20.8. The molecule has 0 unspecified atom stereocenters. The molecule has 10 nitrogen and oxygen atoms in total. The lowest BCUT2D eigenvalue weighted by atomic mass is 10.1. The Hall–Kier alpha value is -2.20. The van der Waals surface area contributed by atoms with Crippen LogP contribution in [0.25, 0.3) is 0 Å². The maximum absolute atomic E-state index is 13.1. The van der Waals surface area contributed by atoms with Crippen LogP contribution in [0.15, 0.2) is 47.4 Å². The van der Waals surface area contributed by atoms with Gasteiger partial charge in [-0.3, -0.25) is 9.36 Å². The monoisotopic (exact) mass is 589 g/mol. The van der Waals surface area contributed by atoms with Crippen LogP contribution in [0.5, 0.6) is 0 Å². The fraction of sp³-hybridized carbons (Fsp3) is 0.607. The summed E-state index contributed by atoms with van der Waals surface area (Å²) < 4.78 is 28.3. The van der Waals surface area contributed by atoms with Crippen molar-refractivity contribution in [2.24, 2.45) is 0 Å². The molecule has 220 valence electrons. The van der Waals surface area contributed by atoms with Gasteiger partial charge in [0.25, 0.3) is 5.91 Å². The fourth-order valence-electron chi connectivity index (χ4n) is 5.82.